The molecule has 3 fully saturated rings. The minimum absolute atomic E-state index is 0.0695. The third-order valence-corrected chi connectivity index (χ3v) is 9.05. The molecule has 6 atom stereocenters. The predicted octanol–water partition coefficient (Wildman–Crippen LogP) is 4.84. The molecule has 0 heterocycles. The Balaban J connectivity index is 1.72. The lowest BCUT2D eigenvalue weighted by Gasteiger charge is -2.59. The van der Waals surface area contributed by atoms with Crippen molar-refractivity contribution < 1.29 is 9.90 Å². The summed E-state index contributed by atoms with van der Waals surface area (Å²) in [6.45, 7) is 6.75. The molecule has 0 amide bonds. The van der Waals surface area contributed by atoms with Crippen molar-refractivity contribution in [3.63, 3.8) is 0 Å². The monoisotopic (exact) mass is 336 g/mol. The van der Waals surface area contributed by atoms with E-state index in [0.29, 0.717) is 29.2 Å². The summed E-state index contributed by atoms with van der Waals surface area (Å²) in [6, 6.07) is 0. The standard InChI is InChI=1S/C20H29ClO2/c1-18-9-8-16(22)17(21)15(18)5-4-12-13(18)6-10-19(2)14(12)7-11-20(19,3)23/h12-14,23H,4-11H2,1-3H3/t12-,13+,14+,18-,19+,20?/m1/s1. The van der Waals surface area contributed by atoms with Gasteiger partial charge in [-0.3, -0.25) is 4.79 Å². The number of Topliss-reactive ketones (excluding diaryl/α,β-unsaturated/α-hetero) is 1. The Hall–Kier alpha value is -0.340. The minimum Gasteiger partial charge on any atom is -0.390 e. The van der Waals surface area contributed by atoms with Crippen LogP contribution in [0.5, 0.6) is 0 Å². The van der Waals surface area contributed by atoms with E-state index in [-0.39, 0.29) is 16.6 Å². The highest BCUT2D eigenvalue weighted by molar-refractivity contribution is 6.43. The second-order valence-electron chi connectivity index (χ2n) is 9.32. The van der Waals surface area contributed by atoms with Gasteiger partial charge >= 0.3 is 0 Å². The van der Waals surface area contributed by atoms with E-state index < -0.39 is 5.60 Å². The summed E-state index contributed by atoms with van der Waals surface area (Å²) in [4.78, 5) is 12.0. The summed E-state index contributed by atoms with van der Waals surface area (Å²) in [6.07, 6.45) is 8.10. The molecule has 4 aliphatic carbocycles. The van der Waals surface area contributed by atoms with Gasteiger partial charge in [-0.2, -0.15) is 0 Å². The number of carbonyl (C=O) groups excluding carboxylic acids is 1. The maximum absolute atomic E-state index is 12.0. The Bertz CT molecular complexity index is 592. The molecule has 0 aliphatic heterocycles. The maximum atomic E-state index is 12.0. The number of ketones is 1. The topological polar surface area (TPSA) is 37.3 Å². The molecule has 0 aromatic heterocycles. The molecular formula is C20H29ClO2. The molecule has 1 N–H and O–H groups in total. The quantitative estimate of drug-likeness (QED) is 0.687. The second kappa shape index (κ2) is 4.85. The average Bonchev–Trinajstić information content (AvgIpc) is 2.74. The lowest BCUT2D eigenvalue weighted by Crippen LogP contribution is -2.54. The highest BCUT2D eigenvalue weighted by Crippen LogP contribution is 2.67. The van der Waals surface area contributed by atoms with E-state index in [4.69, 9.17) is 11.6 Å². The van der Waals surface area contributed by atoms with Crippen LogP contribution in [0.15, 0.2) is 10.6 Å². The zero-order valence-corrected chi connectivity index (χ0v) is 15.4. The summed E-state index contributed by atoms with van der Waals surface area (Å²) >= 11 is 6.44. The van der Waals surface area contributed by atoms with Gasteiger partial charge in [-0.25, -0.2) is 0 Å². The van der Waals surface area contributed by atoms with Crippen molar-refractivity contribution in [2.75, 3.05) is 0 Å². The molecule has 0 spiro atoms. The number of rotatable bonds is 0. The molecule has 0 saturated heterocycles. The molecule has 1 unspecified atom stereocenters. The molecule has 0 aromatic rings. The summed E-state index contributed by atoms with van der Waals surface area (Å²) < 4.78 is 0. The van der Waals surface area contributed by atoms with Crippen molar-refractivity contribution in [2.24, 2.45) is 28.6 Å². The number of aliphatic hydroxyl groups is 1. The number of carbonyl (C=O) groups is 1. The summed E-state index contributed by atoms with van der Waals surface area (Å²) in [5.41, 5.74) is 0.925. The Kier molecular flexibility index (Phi) is 3.40. The number of halogens is 1. The smallest absolute Gasteiger partial charge is 0.174 e. The highest BCUT2D eigenvalue weighted by atomic mass is 35.5. The first kappa shape index (κ1) is 16.1. The van der Waals surface area contributed by atoms with E-state index in [9.17, 15) is 9.90 Å². The number of fused-ring (bicyclic) bond motifs is 5. The van der Waals surface area contributed by atoms with E-state index in [0.717, 1.165) is 38.5 Å². The van der Waals surface area contributed by atoms with Crippen LogP contribution in [0, 0.1) is 28.6 Å². The Morgan fingerprint density at radius 1 is 1.00 bits per heavy atom. The summed E-state index contributed by atoms with van der Waals surface area (Å²) in [7, 11) is 0. The van der Waals surface area contributed by atoms with Crippen LogP contribution in [0.2, 0.25) is 0 Å². The third kappa shape index (κ3) is 1.94. The lowest BCUT2D eigenvalue weighted by atomic mass is 9.46. The Morgan fingerprint density at radius 3 is 2.43 bits per heavy atom. The largest absolute Gasteiger partial charge is 0.390 e. The van der Waals surface area contributed by atoms with Gasteiger partial charge < -0.3 is 5.11 Å². The van der Waals surface area contributed by atoms with Crippen LogP contribution in [0.25, 0.3) is 0 Å². The number of hydrogen-bond donors (Lipinski definition) is 1. The zero-order valence-electron chi connectivity index (χ0n) is 14.6. The van der Waals surface area contributed by atoms with Crippen molar-refractivity contribution in [1.82, 2.24) is 0 Å². The van der Waals surface area contributed by atoms with Crippen molar-refractivity contribution >= 4 is 17.4 Å². The van der Waals surface area contributed by atoms with Crippen LogP contribution in [0.3, 0.4) is 0 Å². The van der Waals surface area contributed by atoms with E-state index in [1.165, 1.54) is 12.0 Å². The van der Waals surface area contributed by atoms with Gasteiger partial charge in [0.15, 0.2) is 5.78 Å². The molecule has 4 aliphatic rings. The fourth-order valence-electron chi connectivity index (χ4n) is 6.89. The predicted molar refractivity (Wildman–Crippen MR) is 92.1 cm³/mol. The van der Waals surface area contributed by atoms with Crippen LogP contribution < -0.4 is 0 Å². The van der Waals surface area contributed by atoms with Gasteiger partial charge in [-0.05, 0) is 86.0 Å². The summed E-state index contributed by atoms with van der Waals surface area (Å²) in [5, 5.41) is 11.5. The van der Waals surface area contributed by atoms with Crippen molar-refractivity contribution in [1.29, 1.82) is 0 Å². The van der Waals surface area contributed by atoms with Crippen LogP contribution >= 0.6 is 11.6 Å². The number of hydrogen-bond acceptors (Lipinski definition) is 2. The van der Waals surface area contributed by atoms with E-state index in [1.807, 2.05) is 0 Å². The molecule has 0 bridgehead atoms. The van der Waals surface area contributed by atoms with Crippen LogP contribution in [0.1, 0.15) is 72.1 Å². The third-order valence-electron chi connectivity index (χ3n) is 8.62. The van der Waals surface area contributed by atoms with Gasteiger partial charge in [0.2, 0.25) is 0 Å². The van der Waals surface area contributed by atoms with Crippen LogP contribution in [0.4, 0.5) is 0 Å². The molecule has 3 saturated carbocycles. The maximum Gasteiger partial charge on any atom is 0.174 e. The molecule has 2 nitrogen and oxygen atoms in total. The Labute approximate surface area is 144 Å². The summed E-state index contributed by atoms with van der Waals surface area (Å²) in [5.74, 6) is 2.11. The molecular weight excluding hydrogens is 308 g/mol. The molecule has 23 heavy (non-hydrogen) atoms. The lowest BCUT2D eigenvalue weighted by molar-refractivity contribution is -0.124. The minimum atomic E-state index is -0.514. The normalized spacial score (nSPS) is 52.9. The molecule has 0 radical (unpaired) electrons. The van der Waals surface area contributed by atoms with E-state index >= 15 is 0 Å². The zero-order chi connectivity index (χ0) is 16.6. The van der Waals surface area contributed by atoms with Gasteiger partial charge in [0.05, 0.1) is 10.6 Å². The Morgan fingerprint density at radius 2 is 1.70 bits per heavy atom. The molecule has 128 valence electrons. The van der Waals surface area contributed by atoms with Gasteiger partial charge in [0.1, 0.15) is 0 Å². The average molecular weight is 337 g/mol. The van der Waals surface area contributed by atoms with Crippen LogP contribution in [-0.2, 0) is 4.79 Å². The van der Waals surface area contributed by atoms with Gasteiger partial charge in [0.25, 0.3) is 0 Å². The highest BCUT2D eigenvalue weighted by Gasteiger charge is 2.62. The SMILES string of the molecule is CC1(O)CC[C@H]2[C@@H]3CCC4=C(Cl)C(=O)CC[C@]4(C)[C@H]3CC[C@@]21C. The first-order chi connectivity index (χ1) is 10.7. The van der Waals surface area contributed by atoms with E-state index in [1.54, 1.807) is 0 Å². The number of allylic oxidation sites excluding steroid dienone is 1. The van der Waals surface area contributed by atoms with Crippen molar-refractivity contribution in [2.45, 2.75) is 77.7 Å². The van der Waals surface area contributed by atoms with Crippen LogP contribution in [-0.4, -0.2) is 16.5 Å². The molecule has 4 rings (SSSR count). The van der Waals surface area contributed by atoms with Gasteiger partial charge in [0, 0.05) is 6.42 Å². The molecule has 3 heteroatoms. The van der Waals surface area contributed by atoms with Gasteiger partial charge in [-0.15, -0.1) is 0 Å². The molecule has 0 aromatic carbocycles. The van der Waals surface area contributed by atoms with E-state index in [2.05, 4.69) is 20.8 Å². The van der Waals surface area contributed by atoms with Crippen molar-refractivity contribution in [3.8, 4) is 0 Å². The first-order valence-electron chi connectivity index (χ1n) is 9.35. The van der Waals surface area contributed by atoms with Gasteiger partial charge in [-0.1, -0.05) is 25.4 Å². The second-order valence-corrected chi connectivity index (χ2v) is 9.70. The fraction of sp³-hybridized carbons (Fsp3) is 0.850. The fourth-order valence-corrected chi connectivity index (χ4v) is 7.30. The van der Waals surface area contributed by atoms with Crippen molar-refractivity contribution in [3.05, 3.63) is 10.6 Å². The first-order valence-corrected chi connectivity index (χ1v) is 9.73.